The van der Waals surface area contributed by atoms with Gasteiger partial charge in [-0.2, -0.15) is 5.10 Å². The summed E-state index contributed by atoms with van der Waals surface area (Å²) in [6, 6.07) is 12.8. The zero-order valence-electron chi connectivity index (χ0n) is 17.0. The molecule has 5 rings (SSSR count). The molecular formula is C23H29N3O2S. The molecule has 3 aliphatic rings. The van der Waals surface area contributed by atoms with Crippen LogP contribution in [0.3, 0.4) is 0 Å². The van der Waals surface area contributed by atoms with Crippen molar-refractivity contribution in [3.8, 4) is 0 Å². The third-order valence-electron chi connectivity index (χ3n) is 6.87. The molecule has 1 aromatic carbocycles. The third kappa shape index (κ3) is 3.90. The largest absolute Gasteiger partial charge is 0.388 e. The number of fused-ring (bicyclic) bond motifs is 2. The van der Waals surface area contributed by atoms with Crippen LogP contribution < -0.4 is 5.56 Å². The van der Waals surface area contributed by atoms with Gasteiger partial charge in [-0.15, -0.1) is 11.8 Å². The summed E-state index contributed by atoms with van der Waals surface area (Å²) in [7, 11) is 0. The number of benzene rings is 1. The Kier molecular flexibility index (Phi) is 5.04. The lowest BCUT2D eigenvalue weighted by Crippen LogP contribution is -2.53. The second-order valence-corrected chi connectivity index (χ2v) is 9.88. The van der Waals surface area contributed by atoms with Gasteiger partial charge < -0.3 is 5.11 Å². The van der Waals surface area contributed by atoms with Gasteiger partial charge in [0.2, 0.25) is 0 Å². The van der Waals surface area contributed by atoms with Crippen molar-refractivity contribution >= 4 is 11.8 Å². The topological polar surface area (TPSA) is 58.4 Å². The predicted octanol–water partition coefficient (Wildman–Crippen LogP) is 3.40. The Labute approximate surface area is 176 Å². The SMILES string of the molecule is CSc1ccccc1CN1[C@@H]2CC[C@@H]1CC(O)(Cn1nc(C3CC3)ccc1=O)C2. The van der Waals surface area contributed by atoms with Crippen LogP contribution in [0.15, 0.2) is 46.1 Å². The molecule has 1 aromatic heterocycles. The highest BCUT2D eigenvalue weighted by atomic mass is 32.2. The summed E-state index contributed by atoms with van der Waals surface area (Å²) in [6.07, 6.45) is 8.12. The summed E-state index contributed by atoms with van der Waals surface area (Å²) in [5.74, 6) is 0.506. The molecule has 1 aliphatic carbocycles. The monoisotopic (exact) mass is 411 g/mol. The Bertz CT molecular complexity index is 941. The normalized spacial score (nSPS) is 29.3. The number of thioether (sulfide) groups is 1. The average Bonchev–Trinajstić information content (AvgIpc) is 3.52. The summed E-state index contributed by atoms with van der Waals surface area (Å²) in [5.41, 5.74) is 1.42. The fraction of sp³-hybridized carbons (Fsp3) is 0.565. The molecule has 6 heteroatoms. The zero-order valence-corrected chi connectivity index (χ0v) is 17.8. The molecule has 29 heavy (non-hydrogen) atoms. The van der Waals surface area contributed by atoms with Crippen molar-refractivity contribution in [3.63, 3.8) is 0 Å². The maximum Gasteiger partial charge on any atom is 0.266 e. The van der Waals surface area contributed by atoms with Crippen molar-refractivity contribution in [1.29, 1.82) is 0 Å². The number of hydrogen-bond acceptors (Lipinski definition) is 5. The minimum atomic E-state index is -0.847. The lowest BCUT2D eigenvalue weighted by atomic mass is 9.85. The summed E-state index contributed by atoms with van der Waals surface area (Å²) in [5, 5.41) is 16.0. The van der Waals surface area contributed by atoms with Gasteiger partial charge in [0.05, 0.1) is 17.8 Å². The number of nitrogens with zero attached hydrogens (tertiary/aromatic N) is 3. The number of rotatable bonds is 6. The quantitative estimate of drug-likeness (QED) is 0.739. The zero-order chi connectivity index (χ0) is 20.0. The first-order valence-electron chi connectivity index (χ1n) is 10.7. The van der Waals surface area contributed by atoms with E-state index in [0.29, 0.717) is 37.4 Å². The van der Waals surface area contributed by atoms with Gasteiger partial charge in [0.15, 0.2) is 0 Å². The summed E-state index contributed by atoms with van der Waals surface area (Å²) in [4.78, 5) is 16.3. The van der Waals surface area contributed by atoms with Crippen molar-refractivity contribution in [2.45, 2.75) is 80.1 Å². The molecule has 2 atom stereocenters. The van der Waals surface area contributed by atoms with Crippen molar-refractivity contribution in [2.24, 2.45) is 0 Å². The first kappa shape index (κ1) is 19.3. The Morgan fingerprint density at radius 2 is 1.83 bits per heavy atom. The summed E-state index contributed by atoms with van der Waals surface area (Å²) >= 11 is 1.80. The molecular weight excluding hydrogens is 382 g/mol. The summed E-state index contributed by atoms with van der Waals surface area (Å²) < 4.78 is 1.52. The highest BCUT2D eigenvalue weighted by Crippen LogP contribution is 2.43. The van der Waals surface area contributed by atoms with E-state index in [2.05, 4.69) is 40.5 Å². The van der Waals surface area contributed by atoms with Gasteiger partial charge in [0.25, 0.3) is 5.56 Å². The van der Waals surface area contributed by atoms with Crippen LogP contribution in [-0.2, 0) is 13.1 Å². The second-order valence-electron chi connectivity index (χ2n) is 9.03. The van der Waals surface area contributed by atoms with Gasteiger partial charge in [0.1, 0.15) is 0 Å². The maximum absolute atomic E-state index is 12.4. The molecule has 2 bridgehead atoms. The number of hydrogen-bond donors (Lipinski definition) is 1. The van der Waals surface area contributed by atoms with E-state index >= 15 is 0 Å². The van der Waals surface area contributed by atoms with Crippen LogP contribution in [0.2, 0.25) is 0 Å². The second kappa shape index (κ2) is 7.56. The van der Waals surface area contributed by atoms with E-state index in [1.54, 1.807) is 17.8 Å². The van der Waals surface area contributed by atoms with Gasteiger partial charge in [-0.25, -0.2) is 4.68 Å². The van der Waals surface area contributed by atoms with Gasteiger partial charge in [0, 0.05) is 35.5 Å². The first-order valence-corrected chi connectivity index (χ1v) is 12.0. The van der Waals surface area contributed by atoms with Crippen LogP contribution in [0.4, 0.5) is 0 Å². The van der Waals surface area contributed by atoms with E-state index in [1.807, 2.05) is 6.07 Å². The Morgan fingerprint density at radius 1 is 1.10 bits per heavy atom. The molecule has 2 saturated heterocycles. The predicted molar refractivity (Wildman–Crippen MR) is 115 cm³/mol. The lowest BCUT2D eigenvalue weighted by Gasteiger charge is -2.44. The third-order valence-corrected chi connectivity index (χ3v) is 7.71. The van der Waals surface area contributed by atoms with Crippen molar-refractivity contribution in [3.05, 3.63) is 58.0 Å². The van der Waals surface area contributed by atoms with Gasteiger partial charge in [-0.05, 0) is 62.5 Å². The van der Waals surface area contributed by atoms with Crippen LogP contribution >= 0.6 is 11.8 Å². The molecule has 3 heterocycles. The fourth-order valence-corrected chi connectivity index (χ4v) is 5.89. The van der Waals surface area contributed by atoms with Crippen molar-refractivity contribution in [2.75, 3.05) is 6.26 Å². The highest BCUT2D eigenvalue weighted by Gasteiger charge is 2.47. The summed E-state index contributed by atoms with van der Waals surface area (Å²) in [6.45, 7) is 1.26. The molecule has 5 nitrogen and oxygen atoms in total. The average molecular weight is 412 g/mol. The highest BCUT2D eigenvalue weighted by molar-refractivity contribution is 7.98. The molecule has 154 valence electrons. The van der Waals surface area contributed by atoms with E-state index in [0.717, 1.165) is 37.9 Å². The van der Waals surface area contributed by atoms with Crippen LogP contribution in [0.25, 0.3) is 0 Å². The van der Waals surface area contributed by atoms with Gasteiger partial charge >= 0.3 is 0 Å². The molecule has 0 radical (unpaired) electrons. The molecule has 1 saturated carbocycles. The first-order chi connectivity index (χ1) is 14.0. The smallest absolute Gasteiger partial charge is 0.266 e. The van der Waals surface area contributed by atoms with Crippen LogP contribution in [0, 0.1) is 0 Å². The van der Waals surface area contributed by atoms with Gasteiger partial charge in [-0.1, -0.05) is 18.2 Å². The number of piperidine rings is 1. The number of aliphatic hydroxyl groups is 1. The van der Waals surface area contributed by atoms with Gasteiger partial charge in [-0.3, -0.25) is 9.69 Å². The molecule has 3 fully saturated rings. The molecule has 0 unspecified atom stereocenters. The standard InChI is InChI=1S/C23H29N3O2S/c1-29-21-5-3-2-4-17(21)14-25-18-8-9-19(25)13-23(28,12-18)15-26-22(27)11-10-20(24-26)16-6-7-16/h2-5,10-11,16,18-19,28H,6-9,12-15H2,1H3/t18-,19-/m1/s1. The minimum Gasteiger partial charge on any atom is -0.388 e. The van der Waals surface area contributed by atoms with Crippen LogP contribution in [-0.4, -0.2) is 43.7 Å². The van der Waals surface area contributed by atoms with Crippen LogP contribution in [0.5, 0.6) is 0 Å². The molecule has 0 amide bonds. The Hall–Kier alpha value is -1.63. The number of aromatic nitrogens is 2. The molecule has 2 aliphatic heterocycles. The van der Waals surface area contributed by atoms with Crippen molar-refractivity contribution in [1.82, 2.24) is 14.7 Å². The Morgan fingerprint density at radius 3 is 2.52 bits per heavy atom. The van der Waals surface area contributed by atoms with E-state index in [4.69, 9.17) is 0 Å². The Balaban J connectivity index is 1.33. The van der Waals surface area contributed by atoms with E-state index in [1.165, 1.54) is 15.1 Å². The van der Waals surface area contributed by atoms with Crippen LogP contribution in [0.1, 0.15) is 55.7 Å². The minimum absolute atomic E-state index is 0.105. The fourth-order valence-electron chi connectivity index (χ4n) is 5.28. The van der Waals surface area contributed by atoms with E-state index in [-0.39, 0.29) is 5.56 Å². The molecule has 1 N–H and O–H groups in total. The lowest BCUT2D eigenvalue weighted by molar-refractivity contribution is -0.0679. The van der Waals surface area contributed by atoms with E-state index < -0.39 is 5.60 Å². The van der Waals surface area contributed by atoms with Crippen molar-refractivity contribution < 1.29 is 5.11 Å². The molecule has 2 aromatic rings. The van der Waals surface area contributed by atoms with E-state index in [9.17, 15) is 9.90 Å². The molecule has 0 spiro atoms. The maximum atomic E-state index is 12.4.